The molecule has 0 saturated carbocycles. The molecule has 0 amide bonds. The Kier molecular flexibility index (Phi) is 7.04. The zero-order valence-electron chi connectivity index (χ0n) is 31.2. The van der Waals surface area contributed by atoms with Crippen LogP contribution in [0.1, 0.15) is 16.7 Å². The lowest BCUT2D eigenvalue weighted by Crippen LogP contribution is -2.35. The van der Waals surface area contributed by atoms with Gasteiger partial charge in [0.2, 0.25) is 5.95 Å². The van der Waals surface area contributed by atoms with E-state index in [4.69, 9.17) is 19.7 Å². The summed E-state index contributed by atoms with van der Waals surface area (Å²) < 4.78 is 9.07. The first-order chi connectivity index (χ1) is 28.7. The lowest BCUT2D eigenvalue weighted by molar-refractivity contribution is 0.480. The molecule has 0 radical (unpaired) electrons. The van der Waals surface area contributed by atoms with Crippen molar-refractivity contribution in [2.24, 2.45) is 0 Å². The molecule has 6 nitrogen and oxygen atoms in total. The Balaban J connectivity index is 1.01. The minimum Gasteiger partial charge on any atom is -0.455 e. The van der Waals surface area contributed by atoms with E-state index in [1.54, 1.807) is 0 Å². The fourth-order valence-corrected chi connectivity index (χ4v) is 9.07. The Morgan fingerprint density at radius 2 is 0.966 bits per heavy atom. The molecule has 1 spiro atoms. The van der Waals surface area contributed by atoms with Crippen molar-refractivity contribution in [2.75, 3.05) is 5.32 Å². The molecule has 10 aromatic rings. The molecule has 1 N–H and O–H groups in total. The SMILES string of the molecule is c1ccc(-c2nc(-c3ccccc3)nc(-n3c4ccccc4c4cc(-c5ccc6c(c5)Oc5ccccc5C5(N6)c6ccccc6-c6ccccc65)ccc43)n2)cc1. The predicted molar refractivity (Wildman–Crippen MR) is 232 cm³/mol. The van der Waals surface area contributed by atoms with E-state index in [2.05, 4.69) is 143 Å². The summed E-state index contributed by atoms with van der Waals surface area (Å²) in [6.07, 6.45) is 0. The molecule has 6 heteroatoms. The van der Waals surface area contributed by atoms with Crippen molar-refractivity contribution in [3.8, 4) is 62.5 Å². The highest BCUT2D eigenvalue weighted by atomic mass is 16.5. The molecule has 1 aliphatic carbocycles. The number of rotatable bonds is 4. The average molecular weight is 744 g/mol. The molecular formula is C52H33N5O. The van der Waals surface area contributed by atoms with E-state index in [9.17, 15) is 0 Å². The fourth-order valence-electron chi connectivity index (χ4n) is 9.07. The molecule has 0 unspecified atom stereocenters. The van der Waals surface area contributed by atoms with Crippen molar-refractivity contribution in [3.63, 3.8) is 0 Å². The molecule has 3 heterocycles. The number of para-hydroxylation sites is 2. The average Bonchev–Trinajstić information content (AvgIpc) is 3.71. The minimum absolute atomic E-state index is 0.568. The summed E-state index contributed by atoms with van der Waals surface area (Å²) >= 11 is 0. The van der Waals surface area contributed by atoms with Gasteiger partial charge in [0.25, 0.3) is 0 Å². The van der Waals surface area contributed by atoms with Crippen LogP contribution >= 0.6 is 0 Å². The van der Waals surface area contributed by atoms with Gasteiger partial charge >= 0.3 is 0 Å². The predicted octanol–water partition coefficient (Wildman–Crippen LogP) is 12.5. The number of ether oxygens (including phenoxy) is 1. The number of hydrogen-bond acceptors (Lipinski definition) is 5. The van der Waals surface area contributed by atoms with Crippen molar-refractivity contribution < 1.29 is 4.74 Å². The van der Waals surface area contributed by atoms with Crippen molar-refractivity contribution in [3.05, 3.63) is 211 Å². The third-order valence-corrected chi connectivity index (χ3v) is 11.7. The topological polar surface area (TPSA) is 64.9 Å². The molecule has 1 aliphatic heterocycles. The Hall–Kier alpha value is -7.83. The molecule has 2 aromatic heterocycles. The summed E-state index contributed by atoms with van der Waals surface area (Å²) in [7, 11) is 0. The maximum atomic E-state index is 6.91. The largest absolute Gasteiger partial charge is 0.455 e. The zero-order chi connectivity index (χ0) is 38.2. The zero-order valence-corrected chi connectivity index (χ0v) is 31.2. The molecule has 0 bridgehead atoms. The summed E-state index contributed by atoms with van der Waals surface area (Å²) in [5.74, 6) is 3.42. The monoisotopic (exact) mass is 743 g/mol. The summed E-state index contributed by atoms with van der Waals surface area (Å²) in [6, 6.07) is 67.7. The second-order valence-electron chi connectivity index (χ2n) is 14.9. The summed E-state index contributed by atoms with van der Waals surface area (Å²) in [6.45, 7) is 0. The van der Waals surface area contributed by atoms with Crippen LogP contribution in [-0.2, 0) is 5.54 Å². The fraction of sp³-hybridized carbons (Fsp3) is 0.0192. The van der Waals surface area contributed by atoms with Gasteiger partial charge in [-0.05, 0) is 69.8 Å². The minimum atomic E-state index is -0.618. The molecule has 8 aromatic carbocycles. The first-order valence-electron chi connectivity index (χ1n) is 19.5. The van der Waals surface area contributed by atoms with Gasteiger partial charge in [-0.3, -0.25) is 4.57 Å². The van der Waals surface area contributed by atoms with Crippen LogP contribution in [0.3, 0.4) is 0 Å². The van der Waals surface area contributed by atoms with E-state index < -0.39 is 5.54 Å². The Morgan fingerprint density at radius 1 is 0.414 bits per heavy atom. The van der Waals surface area contributed by atoms with Crippen LogP contribution in [0, 0.1) is 0 Å². The number of fused-ring (bicyclic) bond motifs is 11. The molecule has 12 rings (SSSR count). The molecule has 0 saturated heterocycles. The van der Waals surface area contributed by atoms with Gasteiger partial charge in [0.1, 0.15) is 11.3 Å². The quantitative estimate of drug-likeness (QED) is 0.194. The van der Waals surface area contributed by atoms with Gasteiger partial charge in [-0.1, -0.05) is 158 Å². The van der Waals surface area contributed by atoms with Crippen LogP contribution < -0.4 is 10.1 Å². The van der Waals surface area contributed by atoms with Gasteiger partial charge in [0.15, 0.2) is 17.4 Å². The molecule has 2 aliphatic rings. The number of benzene rings is 8. The van der Waals surface area contributed by atoms with Gasteiger partial charge in [-0.2, -0.15) is 9.97 Å². The van der Waals surface area contributed by atoms with Crippen LogP contribution in [0.4, 0.5) is 5.69 Å². The van der Waals surface area contributed by atoms with Crippen molar-refractivity contribution >= 4 is 27.5 Å². The van der Waals surface area contributed by atoms with Crippen molar-refractivity contribution in [1.82, 2.24) is 19.5 Å². The third kappa shape index (κ3) is 4.82. The smallest absolute Gasteiger partial charge is 0.238 e. The summed E-state index contributed by atoms with van der Waals surface area (Å²) in [5.41, 5.74) is 12.3. The highest BCUT2D eigenvalue weighted by Gasteiger charge is 2.47. The normalized spacial score (nSPS) is 13.2. The maximum Gasteiger partial charge on any atom is 0.238 e. The van der Waals surface area contributed by atoms with Crippen LogP contribution in [0.15, 0.2) is 194 Å². The van der Waals surface area contributed by atoms with Gasteiger partial charge in [-0.25, -0.2) is 4.98 Å². The maximum absolute atomic E-state index is 6.91. The Morgan fingerprint density at radius 3 is 1.67 bits per heavy atom. The van der Waals surface area contributed by atoms with E-state index >= 15 is 0 Å². The number of anilines is 1. The highest BCUT2D eigenvalue weighted by molar-refractivity contribution is 6.10. The molecule has 0 fully saturated rings. The number of aromatic nitrogens is 4. The van der Waals surface area contributed by atoms with E-state index in [-0.39, 0.29) is 0 Å². The summed E-state index contributed by atoms with van der Waals surface area (Å²) in [4.78, 5) is 15.2. The highest BCUT2D eigenvalue weighted by Crippen LogP contribution is 2.57. The van der Waals surface area contributed by atoms with E-state index in [1.165, 1.54) is 22.3 Å². The van der Waals surface area contributed by atoms with Crippen LogP contribution in [0.2, 0.25) is 0 Å². The van der Waals surface area contributed by atoms with Gasteiger partial charge in [0.05, 0.1) is 16.7 Å². The van der Waals surface area contributed by atoms with E-state index in [0.717, 1.165) is 66.8 Å². The van der Waals surface area contributed by atoms with Gasteiger partial charge in [0, 0.05) is 27.5 Å². The van der Waals surface area contributed by atoms with Crippen LogP contribution in [0.5, 0.6) is 11.5 Å². The Labute approximate surface area is 334 Å². The lowest BCUT2D eigenvalue weighted by atomic mass is 9.80. The Bertz CT molecular complexity index is 3140. The number of nitrogens with zero attached hydrogens (tertiary/aromatic N) is 4. The molecule has 58 heavy (non-hydrogen) atoms. The van der Waals surface area contributed by atoms with E-state index in [1.807, 2.05) is 60.7 Å². The first-order valence-corrected chi connectivity index (χ1v) is 19.5. The van der Waals surface area contributed by atoms with Gasteiger partial charge in [-0.15, -0.1) is 0 Å². The lowest BCUT2D eigenvalue weighted by Gasteiger charge is -2.34. The van der Waals surface area contributed by atoms with Crippen molar-refractivity contribution in [1.29, 1.82) is 0 Å². The number of hydrogen-bond donors (Lipinski definition) is 1. The second kappa shape index (κ2) is 12.6. The first kappa shape index (κ1) is 32.4. The molecule has 272 valence electrons. The molecular weight excluding hydrogens is 711 g/mol. The standard InChI is InChI=1S/C52H33N5O/c1-3-15-33(16-4-1)49-53-50(34-17-5-2-6-18-34)55-51(54-49)57-45-25-13-9-21-39(45)40-31-35(28-30-46(40)57)36-27-29-44-48(32-36)58-47-26-14-12-24-43(47)52(56-44)41-22-10-7-19-37(41)38-20-8-11-23-42(38)52/h1-32,56H. The van der Waals surface area contributed by atoms with E-state index in [0.29, 0.717) is 17.6 Å². The van der Waals surface area contributed by atoms with Crippen LogP contribution in [-0.4, -0.2) is 19.5 Å². The van der Waals surface area contributed by atoms with Crippen molar-refractivity contribution in [2.45, 2.75) is 5.54 Å². The summed E-state index contributed by atoms with van der Waals surface area (Å²) in [5, 5.41) is 6.26. The van der Waals surface area contributed by atoms with Crippen LogP contribution in [0.25, 0.3) is 72.8 Å². The third-order valence-electron chi connectivity index (χ3n) is 11.7. The molecule has 0 atom stereocenters. The second-order valence-corrected chi connectivity index (χ2v) is 14.9. The van der Waals surface area contributed by atoms with Gasteiger partial charge < -0.3 is 10.1 Å². The number of nitrogens with one attached hydrogen (secondary N) is 1.